The Bertz CT molecular complexity index is 840. The molecule has 0 radical (unpaired) electrons. The monoisotopic (exact) mass is 377 g/mol. The zero-order valence-electron chi connectivity index (χ0n) is 14.0. The van der Waals surface area contributed by atoms with Gasteiger partial charge >= 0.3 is 0 Å². The maximum atomic E-state index is 13.7. The summed E-state index contributed by atoms with van der Waals surface area (Å²) in [6.07, 6.45) is 0.0104. The molecule has 0 atom stereocenters. The van der Waals surface area contributed by atoms with Crippen molar-refractivity contribution in [3.8, 4) is 5.75 Å². The van der Waals surface area contributed by atoms with E-state index in [1.54, 1.807) is 24.3 Å². The molecule has 7 nitrogen and oxygen atoms in total. The van der Waals surface area contributed by atoms with Crippen molar-refractivity contribution in [3.63, 3.8) is 0 Å². The summed E-state index contributed by atoms with van der Waals surface area (Å²) >= 11 is 4.96. The number of ether oxygens (including phenoxy) is 1. The number of carbonyl (C=O) groups is 1. The van der Waals surface area contributed by atoms with Crippen LogP contribution in [0.4, 0.5) is 15.8 Å². The molecule has 2 aromatic rings. The van der Waals surface area contributed by atoms with Crippen molar-refractivity contribution in [1.29, 1.82) is 0 Å². The third kappa shape index (κ3) is 5.21. The van der Waals surface area contributed by atoms with Gasteiger partial charge in [-0.2, -0.15) is 0 Å². The van der Waals surface area contributed by atoms with E-state index in [0.29, 0.717) is 11.3 Å². The highest BCUT2D eigenvalue weighted by Crippen LogP contribution is 2.21. The average Bonchev–Trinajstić information content (AvgIpc) is 2.56. The van der Waals surface area contributed by atoms with Crippen LogP contribution < -0.4 is 15.4 Å². The van der Waals surface area contributed by atoms with E-state index in [1.165, 1.54) is 0 Å². The molecule has 9 heteroatoms. The largest absolute Gasteiger partial charge is 0.491 e. The van der Waals surface area contributed by atoms with Gasteiger partial charge in [-0.15, -0.1) is 0 Å². The number of hydrogen-bond acceptors (Lipinski definition) is 5. The van der Waals surface area contributed by atoms with E-state index >= 15 is 0 Å². The molecular weight excluding hydrogens is 361 g/mol. The van der Waals surface area contributed by atoms with Crippen molar-refractivity contribution in [2.45, 2.75) is 20.0 Å². The van der Waals surface area contributed by atoms with Gasteiger partial charge in [0.05, 0.1) is 16.7 Å². The van der Waals surface area contributed by atoms with E-state index in [2.05, 4.69) is 10.6 Å². The Balaban J connectivity index is 2.02. The lowest BCUT2D eigenvalue weighted by atomic mass is 10.2. The van der Waals surface area contributed by atoms with Crippen LogP contribution in [0.2, 0.25) is 0 Å². The van der Waals surface area contributed by atoms with Gasteiger partial charge in [-0.05, 0) is 56.4 Å². The Morgan fingerprint density at radius 1 is 1.23 bits per heavy atom. The van der Waals surface area contributed by atoms with Gasteiger partial charge in [0.2, 0.25) is 0 Å². The smallest absolute Gasteiger partial charge is 0.271 e. The average molecular weight is 377 g/mol. The summed E-state index contributed by atoms with van der Waals surface area (Å²) in [5.41, 5.74) is -0.182. The highest BCUT2D eigenvalue weighted by atomic mass is 32.1. The first-order chi connectivity index (χ1) is 12.3. The molecule has 1 amide bonds. The van der Waals surface area contributed by atoms with E-state index in [9.17, 15) is 19.3 Å². The number of non-ortho nitro benzene ring substituents is 1. The lowest BCUT2D eigenvalue weighted by molar-refractivity contribution is -0.384. The van der Waals surface area contributed by atoms with Gasteiger partial charge in [-0.3, -0.25) is 20.2 Å². The van der Waals surface area contributed by atoms with Crippen molar-refractivity contribution < 1.29 is 18.8 Å². The van der Waals surface area contributed by atoms with Gasteiger partial charge in [0.25, 0.3) is 11.6 Å². The summed E-state index contributed by atoms with van der Waals surface area (Å²) in [7, 11) is 0. The second-order valence-electron chi connectivity index (χ2n) is 5.52. The molecule has 0 heterocycles. The predicted octanol–water partition coefficient (Wildman–Crippen LogP) is 3.65. The second-order valence-corrected chi connectivity index (χ2v) is 5.93. The maximum absolute atomic E-state index is 13.7. The SMILES string of the molecule is CC(C)Oc1ccc(C(=O)NC(=S)Nc2cc([N+](=O)[O-])ccc2F)cc1. The minimum atomic E-state index is -0.734. The predicted molar refractivity (Wildman–Crippen MR) is 98.9 cm³/mol. The van der Waals surface area contributed by atoms with Crippen LogP contribution in [0.1, 0.15) is 24.2 Å². The van der Waals surface area contributed by atoms with E-state index in [0.717, 1.165) is 18.2 Å². The van der Waals surface area contributed by atoms with Crippen molar-refractivity contribution >= 4 is 34.6 Å². The highest BCUT2D eigenvalue weighted by molar-refractivity contribution is 7.80. The van der Waals surface area contributed by atoms with Crippen LogP contribution in [-0.2, 0) is 0 Å². The molecule has 26 heavy (non-hydrogen) atoms. The standard InChI is InChI=1S/C17H16FN3O4S/c1-10(2)25-13-6-3-11(4-7-13)16(22)20-17(26)19-15-9-12(21(23)24)5-8-14(15)18/h3-10H,1-2H3,(H2,19,20,22,26). The Kier molecular flexibility index (Phi) is 6.18. The van der Waals surface area contributed by atoms with Crippen LogP contribution in [0.5, 0.6) is 5.75 Å². The van der Waals surface area contributed by atoms with Gasteiger partial charge in [0.1, 0.15) is 11.6 Å². The summed E-state index contributed by atoms with van der Waals surface area (Å²) in [4.78, 5) is 22.2. The van der Waals surface area contributed by atoms with Crippen LogP contribution in [0.15, 0.2) is 42.5 Å². The Hall–Kier alpha value is -3.07. The Morgan fingerprint density at radius 2 is 1.88 bits per heavy atom. The Morgan fingerprint density at radius 3 is 2.46 bits per heavy atom. The van der Waals surface area contributed by atoms with Crippen LogP contribution in [-0.4, -0.2) is 22.0 Å². The molecule has 0 saturated heterocycles. The first-order valence-corrected chi connectivity index (χ1v) is 8.00. The number of halogens is 1. The molecule has 0 aliphatic heterocycles. The topological polar surface area (TPSA) is 93.5 Å². The summed E-state index contributed by atoms with van der Waals surface area (Å²) in [6.45, 7) is 3.77. The number of thiocarbonyl (C=S) groups is 1. The number of amides is 1. The number of nitrogens with zero attached hydrogens (tertiary/aromatic N) is 1. The molecule has 0 bridgehead atoms. The summed E-state index contributed by atoms with van der Waals surface area (Å²) < 4.78 is 19.2. The van der Waals surface area contributed by atoms with Gasteiger partial charge in [0, 0.05) is 17.7 Å². The molecule has 0 aliphatic rings. The van der Waals surface area contributed by atoms with Crippen LogP contribution in [0, 0.1) is 15.9 Å². The molecule has 2 rings (SSSR count). The number of nitro benzene ring substituents is 1. The van der Waals surface area contributed by atoms with Crippen molar-refractivity contribution in [2.75, 3.05) is 5.32 Å². The summed E-state index contributed by atoms with van der Waals surface area (Å²) in [5, 5.41) is 15.4. The lowest BCUT2D eigenvalue weighted by Gasteiger charge is -2.12. The van der Waals surface area contributed by atoms with E-state index in [4.69, 9.17) is 17.0 Å². The van der Waals surface area contributed by atoms with Crippen molar-refractivity contribution in [2.24, 2.45) is 0 Å². The molecular formula is C17H16FN3O4S. The molecule has 0 spiro atoms. The van der Waals surface area contributed by atoms with Gasteiger partial charge in [-0.1, -0.05) is 0 Å². The minimum Gasteiger partial charge on any atom is -0.491 e. The second kappa shape index (κ2) is 8.34. The normalized spacial score (nSPS) is 10.3. The van der Waals surface area contributed by atoms with Crippen LogP contribution in [0.3, 0.4) is 0 Å². The van der Waals surface area contributed by atoms with Crippen molar-refractivity contribution in [3.05, 3.63) is 64.0 Å². The molecule has 0 aromatic heterocycles. The summed E-state index contributed by atoms with van der Waals surface area (Å²) in [6, 6.07) is 9.37. The molecule has 2 aromatic carbocycles. The van der Waals surface area contributed by atoms with Gasteiger partial charge < -0.3 is 10.1 Å². The molecule has 0 saturated carbocycles. The third-order valence-electron chi connectivity index (χ3n) is 3.12. The first-order valence-electron chi connectivity index (χ1n) is 7.59. The van der Waals surface area contributed by atoms with Gasteiger partial charge in [0.15, 0.2) is 5.11 Å². The zero-order valence-corrected chi connectivity index (χ0v) is 14.8. The first kappa shape index (κ1) is 19.3. The summed E-state index contributed by atoms with van der Waals surface area (Å²) in [5.74, 6) is -0.622. The van der Waals surface area contributed by atoms with Crippen molar-refractivity contribution in [1.82, 2.24) is 5.32 Å². The molecule has 136 valence electrons. The minimum absolute atomic E-state index is 0.0104. The quantitative estimate of drug-likeness (QED) is 0.469. The highest BCUT2D eigenvalue weighted by Gasteiger charge is 2.14. The fraction of sp³-hybridized carbons (Fsp3) is 0.176. The number of rotatable bonds is 5. The number of nitro groups is 1. The fourth-order valence-corrected chi connectivity index (χ4v) is 2.21. The van der Waals surface area contributed by atoms with Crippen LogP contribution >= 0.6 is 12.2 Å². The lowest BCUT2D eigenvalue weighted by Crippen LogP contribution is -2.34. The van der Waals surface area contributed by atoms with E-state index < -0.39 is 16.6 Å². The number of nitrogens with one attached hydrogen (secondary N) is 2. The molecule has 0 fully saturated rings. The molecule has 2 N–H and O–H groups in total. The zero-order chi connectivity index (χ0) is 19.3. The number of anilines is 1. The van der Waals surface area contributed by atoms with Crippen LogP contribution in [0.25, 0.3) is 0 Å². The number of hydrogen-bond donors (Lipinski definition) is 2. The number of benzene rings is 2. The number of carbonyl (C=O) groups excluding carboxylic acids is 1. The Labute approximate surface area is 154 Å². The molecule has 0 aliphatic carbocycles. The fourth-order valence-electron chi connectivity index (χ4n) is 2.01. The molecule has 0 unspecified atom stereocenters. The maximum Gasteiger partial charge on any atom is 0.271 e. The van der Waals surface area contributed by atoms with E-state index in [-0.39, 0.29) is 22.6 Å². The van der Waals surface area contributed by atoms with Gasteiger partial charge in [-0.25, -0.2) is 4.39 Å². The van der Waals surface area contributed by atoms with E-state index in [1.807, 2.05) is 13.8 Å². The third-order valence-corrected chi connectivity index (χ3v) is 3.33.